The first-order chi connectivity index (χ1) is 13.1. The van der Waals surface area contributed by atoms with Crippen molar-refractivity contribution in [1.29, 1.82) is 0 Å². The van der Waals surface area contributed by atoms with Gasteiger partial charge in [0, 0.05) is 38.7 Å². The van der Waals surface area contributed by atoms with E-state index in [0.717, 1.165) is 45.4 Å². The second-order valence-electron chi connectivity index (χ2n) is 8.76. The van der Waals surface area contributed by atoms with Crippen molar-refractivity contribution >= 4 is 11.8 Å². The summed E-state index contributed by atoms with van der Waals surface area (Å²) in [6.45, 7) is 5.21. The van der Waals surface area contributed by atoms with E-state index in [1.165, 1.54) is 32.1 Å². The third-order valence-corrected chi connectivity index (χ3v) is 6.96. The summed E-state index contributed by atoms with van der Waals surface area (Å²) in [4.78, 5) is 29.4. The van der Waals surface area contributed by atoms with Crippen molar-refractivity contribution in [3.8, 4) is 0 Å². The summed E-state index contributed by atoms with van der Waals surface area (Å²) in [5, 5.41) is 3.92. The number of carbonyl (C=O) groups excluding carboxylic acids is 2. The van der Waals surface area contributed by atoms with E-state index in [-0.39, 0.29) is 11.3 Å². The molecule has 1 unspecified atom stereocenters. The standard InChI is InChI=1S/C21H31N3O3/c1-16-13-18(22-27-16)20(26)24-14-17(21(15-24)9-3-2-4-10-21)7-8-19(25)23-11-5-6-12-23/h13,17H,2-12,14-15H2,1H3. The SMILES string of the molecule is Cc1cc(C(=O)N2CC(CCC(=O)N3CCCC3)C3(CCCCC3)C2)no1. The molecule has 0 bridgehead atoms. The lowest BCUT2D eigenvalue weighted by atomic mass is 9.66. The summed E-state index contributed by atoms with van der Waals surface area (Å²) < 4.78 is 5.10. The van der Waals surface area contributed by atoms with E-state index >= 15 is 0 Å². The van der Waals surface area contributed by atoms with Crippen LogP contribution in [-0.2, 0) is 4.79 Å². The third kappa shape index (κ3) is 3.76. The van der Waals surface area contributed by atoms with Gasteiger partial charge in [-0.3, -0.25) is 9.59 Å². The quantitative estimate of drug-likeness (QED) is 0.811. The molecule has 1 spiro atoms. The molecule has 4 rings (SSSR count). The summed E-state index contributed by atoms with van der Waals surface area (Å²) in [5.74, 6) is 1.36. The molecule has 0 aromatic carbocycles. The topological polar surface area (TPSA) is 66.7 Å². The number of likely N-dealkylation sites (tertiary alicyclic amines) is 2. The third-order valence-electron chi connectivity index (χ3n) is 6.96. The molecular weight excluding hydrogens is 342 g/mol. The maximum absolute atomic E-state index is 12.9. The lowest BCUT2D eigenvalue weighted by molar-refractivity contribution is -0.130. The number of nitrogens with zero attached hydrogens (tertiary/aromatic N) is 3. The Morgan fingerprint density at radius 3 is 2.56 bits per heavy atom. The second-order valence-corrected chi connectivity index (χ2v) is 8.76. The van der Waals surface area contributed by atoms with Gasteiger partial charge < -0.3 is 14.3 Å². The molecule has 6 nitrogen and oxygen atoms in total. The summed E-state index contributed by atoms with van der Waals surface area (Å²) in [7, 11) is 0. The van der Waals surface area contributed by atoms with Crippen LogP contribution in [0, 0.1) is 18.3 Å². The number of aromatic nitrogens is 1. The second kappa shape index (κ2) is 7.64. The van der Waals surface area contributed by atoms with Crippen LogP contribution in [0.15, 0.2) is 10.6 Å². The van der Waals surface area contributed by atoms with E-state index in [1.54, 1.807) is 6.07 Å². The summed E-state index contributed by atoms with van der Waals surface area (Å²) in [5.41, 5.74) is 0.602. The van der Waals surface area contributed by atoms with Gasteiger partial charge in [0.15, 0.2) is 5.69 Å². The molecule has 1 aromatic rings. The summed E-state index contributed by atoms with van der Waals surface area (Å²) in [6, 6.07) is 1.72. The molecule has 6 heteroatoms. The highest BCUT2D eigenvalue weighted by Crippen LogP contribution is 2.49. The van der Waals surface area contributed by atoms with Gasteiger partial charge in [-0.15, -0.1) is 0 Å². The average molecular weight is 373 g/mol. The van der Waals surface area contributed by atoms with Crippen LogP contribution < -0.4 is 0 Å². The molecule has 1 atom stereocenters. The Labute approximate surface area is 161 Å². The van der Waals surface area contributed by atoms with Crippen LogP contribution in [0.2, 0.25) is 0 Å². The van der Waals surface area contributed by atoms with Gasteiger partial charge in [0.25, 0.3) is 5.91 Å². The number of carbonyl (C=O) groups is 2. The van der Waals surface area contributed by atoms with Crippen molar-refractivity contribution in [3.05, 3.63) is 17.5 Å². The van der Waals surface area contributed by atoms with Crippen LogP contribution >= 0.6 is 0 Å². The zero-order valence-corrected chi connectivity index (χ0v) is 16.4. The lowest BCUT2D eigenvalue weighted by Crippen LogP contribution is -2.35. The van der Waals surface area contributed by atoms with Crippen LogP contribution in [0.3, 0.4) is 0 Å². The van der Waals surface area contributed by atoms with Crippen molar-refractivity contribution in [2.45, 2.75) is 64.7 Å². The van der Waals surface area contributed by atoms with Crippen molar-refractivity contribution in [1.82, 2.24) is 15.0 Å². The Kier molecular flexibility index (Phi) is 5.24. The van der Waals surface area contributed by atoms with Gasteiger partial charge in [-0.1, -0.05) is 24.4 Å². The fourth-order valence-corrected chi connectivity index (χ4v) is 5.46. The van der Waals surface area contributed by atoms with Gasteiger partial charge in [-0.05, 0) is 50.4 Å². The Morgan fingerprint density at radius 2 is 1.89 bits per heavy atom. The first-order valence-corrected chi connectivity index (χ1v) is 10.6. The van der Waals surface area contributed by atoms with Gasteiger partial charge in [0.05, 0.1) is 0 Å². The minimum Gasteiger partial charge on any atom is -0.361 e. The Balaban J connectivity index is 1.44. The van der Waals surface area contributed by atoms with E-state index < -0.39 is 0 Å². The Morgan fingerprint density at radius 1 is 1.15 bits per heavy atom. The van der Waals surface area contributed by atoms with Gasteiger partial charge in [0.1, 0.15) is 5.76 Å². The Hall–Kier alpha value is -1.85. The minimum atomic E-state index is -0.0230. The molecule has 2 aliphatic heterocycles. The number of hydrogen-bond acceptors (Lipinski definition) is 4. The highest BCUT2D eigenvalue weighted by atomic mass is 16.5. The van der Waals surface area contributed by atoms with E-state index in [2.05, 4.69) is 5.16 Å². The van der Waals surface area contributed by atoms with Crippen molar-refractivity contribution in [2.75, 3.05) is 26.2 Å². The molecule has 3 heterocycles. The molecule has 1 saturated carbocycles. The van der Waals surface area contributed by atoms with Crippen molar-refractivity contribution in [3.63, 3.8) is 0 Å². The van der Waals surface area contributed by atoms with Crippen LogP contribution in [0.1, 0.15) is 74.0 Å². The molecule has 3 fully saturated rings. The molecule has 2 amide bonds. The molecule has 0 N–H and O–H groups in total. The minimum absolute atomic E-state index is 0.0230. The van der Waals surface area contributed by atoms with Crippen LogP contribution in [0.25, 0.3) is 0 Å². The molecule has 1 aliphatic carbocycles. The number of hydrogen-bond donors (Lipinski definition) is 0. The van der Waals surface area contributed by atoms with Crippen LogP contribution in [-0.4, -0.2) is 52.9 Å². The van der Waals surface area contributed by atoms with Crippen molar-refractivity contribution in [2.24, 2.45) is 11.3 Å². The fraction of sp³-hybridized carbons (Fsp3) is 0.762. The summed E-state index contributed by atoms with van der Waals surface area (Å²) >= 11 is 0. The predicted molar refractivity (Wildman–Crippen MR) is 101 cm³/mol. The molecule has 0 radical (unpaired) electrons. The number of aryl methyl sites for hydroxylation is 1. The smallest absolute Gasteiger partial charge is 0.276 e. The normalized spacial score (nSPS) is 24.7. The first-order valence-electron chi connectivity index (χ1n) is 10.6. The molecule has 27 heavy (non-hydrogen) atoms. The molecule has 3 aliphatic rings. The van der Waals surface area contributed by atoms with Gasteiger partial charge >= 0.3 is 0 Å². The molecular formula is C21H31N3O3. The largest absolute Gasteiger partial charge is 0.361 e. The van der Waals surface area contributed by atoms with Crippen LogP contribution in [0.4, 0.5) is 0 Å². The maximum atomic E-state index is 12.9. The Bertz CT molecular complexity index is 687. The summed E-state index contributed by atoms with van der Waals surface area (Å²) in [6.07, 6.45) is 9.92. The predicted octanol–water partition coefficient (Wildman–Crippen LogP) is 3.41. The fourth-order valence-electron chi connectivity index (χ4n) is 5.46. The average Bonchev–Trinajstić information content (AvgIpc) is 3.41. The van der Waals surface area contributed by atoms with E-state index in [1.807, 2.05) is 16.7 Å². The number of amides is 2. The zero-order valence-electron chi connectivity index (χ0n) is 16.4. The van der Waals surface area contributed by atoms with E-state index in [4.69, 9.17) is 4.52 Å². The maximum Gasteiger partial charge on any atom is 0.276 e. The zero-order chi connectivity index (χ0) is 18.9. The first kappa shape index (κ1) is 18.5. The molecule has 148 valence electrons. The number of rotatable bonds is 4. The highest BCUT2D eigenvalue weighted by Gasteiger charge is 2.48. The monoisotopic (exact) mass is 373 g/mol. The highest BCUT2D eigenvalue weighted by molar-refractivity contribution is 5.92. The molecule has 1 aromatic heterocycles. The molecule has 2 saturated heterocycles. The van der Waals surface area contributed by atoms with Gasteiger partial charge in [0.2, 0.25) is 5.91 Å². The van der Waals surface area contributed by atoms with Gasteiger partial charge in [-0.2, -0.15) is 0 Å². The van der Waals surface area contributed by atoms with E-state index in [9.17, 15) is 9.59 Å². The van der Waals surface area contributed by atoms with E-state index in [0.29, 0.717) is 29.7 Å². The van der Waals surface area contributed by atoms with Crippen molar-refractivity contribution < 1.29 is 14.1 Å². The van der Waals surface area contributed by atoms with Gasteiger partial charge in [-0.25, -0.2) is 0 Å². The lowest BCUT2D eigenvalue weighted by Gasteiger charge is -2.38. The van der Waals surface area contributed by atoms with Crippen LogP contribution in [0.5, 0.6) is 0 Å².